The molecule has 2 rings (SSSR count). The van der Waals surface area contributed by atoms with Gasteiger partial charge in [0.1, 0.15) is 5.75 Å². The molecule has 4 nitrogen and oxygen atoms in total. The van der Waals surface area contributed by atoms with Crippen LogP contribution in [0.2, 0.25) is 5.02 Å². The van der Waals surface area contributed by atoms with Crippen LogP contribution >= 0.6 is 11.6 Å². The van der Waals surface area contributed by atoms with Crippen LogP contribution in [-0.2, 0) is 0 Å². The van der Waals surface area contributed by atoms with Gasteiger partial charge in [0.2, 0.25) is 0 Å². The number of benzene rings is 2. The number of aromatic hydroxyl groups is 1. The maximum atomic E-state index is 12.5. The second-order valence-corrected chi connectivity index (χ2v) is 5.29. The monoisotopic (exact) mass is 304 g/mol. The lowest BCUT2D eigenvalue weighted by Crippen LogP contribution is -2.29. The molecule has 5 heteroatoms. The van der Waals surface area contributed by atoms with Gasteiger partial charge >= 0.3 is 0 Å². The Balaban J connectivity index is 2.26. The summed E-state index contributed by atoms with van der Waals surface area (Å²) in [6, 6.07) is 11.5. The van der Waals surface area contributed by atoms with E-state index in [-0.39, 0.29) is 17.7 Å². The molecule has 0 aliphatic rings. The molecule has 0 spiro atoms. The zero-order chi connectivity index (χ0) is 15.6. The largest absolute Gasteiger partial charge is 0.508 e. The van der Waals surface area contributed by atoms with Crippen LogP contribution in [0, 0.1) is 0 Å². The molecule has 3 N–H and O–H groups in total. The van der Waals surface area contributed by atoms with Gasteiger partial charge < -0.3 is 15.7 Å². The SMILES string of the molecule is CC(c1ccccc1O)N(C)C(=O)c1ccc(N)c(Cl)c1. The second-order valence-electron chi connectivity index (χ2n) is 4.89. The smallest absolute Gasteiger partial charge is 0.254 e. The number of rotatable bonds is 3. The van der Waals surface area contributed by atoms with Crippen molar-refractivity contribution in [3.8, 4) is 5.75 Å². The summed E-state index contributed by atoms with van der Waals surface area (Å²) in [6.45, 7) is 1.85. The van der Waals surface area contributed by atoms with Crippen LogP contribution < -0.4 is 5.73 Å². The number of phenolic OH excluding ortho intramolecular Hbond substituents is 1. The third-order valence-electron chi connectivity index (χ3n) is 3.54. The summed E-state index contributed by atoms with van der Waals surface area (Å²) in [5.74, 6) is -0.0207. The van der Waals surface area contributed by atoms with Gasteiger partial charge in [0.25, 0.3) is 5.91 Å². The highest BCUT2D eigenvalue weighted by molar-refractivity contribution is 6.33. The fourth-order valence-electron chi connectivity index (χ4n) is 2.09. The molecule has 2 aromatic rings. The van der Waals surface area contributed by atoms with Crippen LogP contribution in [0.4, 0.5) is 5.69 Å². The first-order valence-electron chi connectivity index (χ1n) is 6.52. The summed E-state index contributed by atoms with van der Waals surface area (Å²) in [7, 11) is 1.68. The minimum atomic E-state index is -0.268. The molecule has 0 aliphatic carbocycles. The molecule has 0 radical (unpaired) electrons. The molecule has 0 saturated carbocycles. The summed E-state index contributed by atoms with van der Waals surface area (Å²) >= 11 is 5.95. The molecule has 1 amide bonds. The Hall–Kier alpha value is -2.20. The molecule has 1 unspecified atom stereocenters. The second kappa shape index (κ2) is 6.06. The Morgan fingerprint density at radius 3 is 2.57 bits per heavy atom. The number of anilines is 1. The van der Waals surface area contributed by atoms with Gasteiger partial charge in [0.05, 0.1) is 16.8 Å². The minimum absolute atomic E-state index is 0.167. The molecule has 0 bridgehead atoms. The molecule has 0 aromatic heterocycles. The van der Waals surface area contributed by atoms with Crippen molar-refractivity contribution in [2.24, 2.45) is 0 Å². The van der Waals surface area contributed by atoms with Crippen LogP contribution in [0.1, 0.15) is 28.9 Å². The highest BCUT2D eigenvalue weighted by Crippen LogP contribution is 2.29. The standard InChI is InChI=1S/C16H17ClN2O2/c1-10(12-5-3-4-6-15(12)20)19(2)16(21)11-7-8-14(18)13(17)9-11/h3-10,20H,18H2,1-2H3. The van der Waals surface area contributed by atoms with Gasteiger partial charge in [-0.2, -0.15) is 0 Å². The van der Waals surface area contributed by atoms with Gasteiger partial charge in [0.15, 0.2) is 0 Å². The van der Waals surface area contributed by atoms with E-state index >= 15 is 0 Å². The number of nitrogens with two attached hydrogens (primary N) is 1. The lowest BCUT2D eigenvalue weighted by atomic mass is 10.0. The normalized spacial score (nSPS) is 12.0. The van der Waals surface area contributed by atoms with E-state index in [4.69, 9.17) is 17.3 Å². The van der Waals surface area contributed by atoms with Gasteiger partial charge in [0, 0.05) is 18.2 Å². The molecule has 110 valence electrons. The quantitative estimate of drug-likeness (QED) is 0.853. The number of amides is 1. The third-order valence-corrected chi connectivity index (χ3v) is 3.86. The maximum absolute atomic E-state index is 12.5. The van der Waals surface area contributed by atoms with Crippen molar-refractivity contribution < 1.29 is 9.90 Å². The number of phenols is 1. The van der Waals surface area contributed by atoms with E-state index in [1.807, 2.05) is 13.0 Å². The van der Waals surface area contributed by atoms with Crippen molar-refractivity contribution in [1.82, 2.24) is 4.90 Å². The van der Waals surface area contributed by atoms with Crippen molar-refractivity contribution in [3.05, 3.63) is 58.6 Å². The van der Waals surface area contributed by atoms with E-state index in [1.165, 1.54) is 0 Å². The Morgan fingerprint density at radius 2 is 1.95 bits per heavy atom. The number of halogens is 1. The lowest BCUT2D eigenvalue weighted by molar-refractivity contribution is 0.0741. The summed E-state index contributed by atoms with van der Waals surface area (Å²) in [4.78, 5) is 14.0. The molecule has 0 saturated heterocycles. The number of hydrogen-bond donors (Lipinski definition) is 2. The summed E-state index contributed by atoms with van der Waals surface area (Å²) in [5, 5.41) is 10.2. The highest BCUT2D eigenvalue weighted by Gasteiger charge is 2.21. The summed E-state index contributed by atoms with van der Waals surface area (Å²) in [6.07, 6.45) is 0. The van der Waals surface area contributed by atoms with Crippen molar-refractivity contribution in [2.75, 3.05) is 12.8 Å². The van der Waals surface area contributed by atoms with E-state index < -0.39 is 0 Å². The zero-order valence-electron chi connectivity index (χ0n) is 11.9. The molecule has 1 atom stereocenters. The molecule has 0 fully saturated rings. The van der Waals surface area contributed by atoms with E-state index in [2.05, 4.69) is 0 Å². The average molecular weight is 305 g/mol. The van der Waals surface area contributed by atoms with Gasteiger partial charge in [-0.3, -0.25) is 4.79 Å². The Bertz CT molecular complexity index is 673. The van der Waals surface area contributed by atoms with Crippen molar-refractivity contribution in [3.63, 3.8) is 0 Å². The first-order valence-corrected chi connectivity index (χ1v) is 6.89. The lowest BCUT2D eigenvalue weighted by Gasteiger charge is -2.26. The number of carbonyl (C=O) groups excluding carboxylic acids is 1. The van der Waals surface area contributed by atoms with Crippen LogP contribution in [0.3, 0.4) is 0 Å². The van der Waals surface area contributed by atoms with Gasteiger partial charge in [-0.1, -0.05) is 29.8 Å². The van der Waals surface area contributed by atoms with Crippen LogP contribution in [0.25, 0.3) is 0 Å². The number of carbonyl (C=O) groups is 1. The van der Waals surface area contributed by atoms with Crippen molar-refractivity contribution in [2.45, 2.75) is 13.0 Å². The Labute approximate surface area is 128 Å². The first kappa shape index (κ1) is 15.2. The van der Waals surface area contributed by atoms with Gasteiger partial charge in [-0.25, -0.2) is 0 Å². The van der Waals surface area contributed by atoms with Crippen molar-refractivity contribution >= 4 is 23.2 Å². The minimum Gasteiger partial charge on any atom is -0.508 e. The zero-order valence-corrected chi connectivity index (χ0v) is 12.6. The number of para-hydroxylation sites is 1. The van der Waals surface area contributed by atoms with Crippen LogP contribution in [-0.4, -0.2) is 23.0 Å². The molecular formula is C16H17ClN2O2. The Morgan fingerprint density at radius 1 is 1.29 bits per heavy atom. The topological polar surface area (TPSA) is 66.6 Å². The predicted octanol–water partition coefficient (Wildman–Crippen LogP) is 3.46. The fraction of sp³-hybridized carbons (Fsp3) is 0.188. The van der Waals surface area contributed by atoms with E-state index in [1.54, 1.807) is 48.3 Å². The van der Waals surface area contributed by atoms with Gasteiger partial charge in [-0.05, 0) is 31.2 Å². The predicted molar refractivity (Wildman–Crippen MR) is 84.5 cm³/mol. The number of nitrogens with zero attached hydrogens (tertiary/aromatic N) is 1. The van der Waals surface area contributed by atoms with Crippen LogP contribution in [0.5, 0.6) is 5.75 Å². The highest BCUT2D eigenvalue weighted by atomic mass is 35.5. The van der Waals surface area contributed by atoms with E-state index in [0.717, 1.165) is 0 Å². The van der Waals surface area contributed by atoms with Crippen LogP contribution in [0.15, 0.2) is 42.5 Å². The summed E-state index contributed by atoms with van der Waals surface area (Å²) in [5.41, 5.74) is 7.23. The summed E-state index contributed by atoms with van der Waals surface area (Å²) < 4.78 is 0. The fourth-order valence-corrected chi connectivity index (χ4v) is 2.27. The first-order chi connectivity index (χ1) is 9.91. The maximum Gasteiger partial charge on any atom is 0.254 e. The Kier molecular flexibility index (Phi) is 4.38. The molecular weight excluding hydrogens is 288 g/mol. The molecule has 2 aromatic carbocycles. The number of nitrogen functional groups attached to an aromatic ring is 1. The van der Waals surface area contributed by atoms with Gasteiger partial charge in [-0.15, -0.1) is 0 Å². The average Bonchev–Trinajstić information content (AvgIpc) is 2.48. The third kappa shape index (κ3) is 3.11. The van der Waals surface area contributed by atoms with E-state index in [9.17, 15) is 9.90 Å². The van der Waals surface area contributed by atoms with Crippen molar-refractivity contribution in [1.29, 1.82) is 0 Å². The molecule has 0 heterocycles. The van der Waals surface area contributed by atoms with E-state index in [0.29, 0.717) is 21.8 Å². The number of hydrogen-bond acceptors (Lipinski definition) is 3. The molecule has 21 heavy (non-hydrogen) atoms. The molecule has 0 aliphatic heterocycles.